The molecule has 0 unspecified atom stereocenters. The second-order valence-corrected chi connectivity index (χ2v) is 6.13. The van der Waals surface area contributed by atoms with Crippen LogP contribution in [-0.2, 0) is 4.79 Å². The molecule has 1 aliphatic heterocycles. The molecular formula is C15H22Cl2N4O. The fourth-order valence-electron chi connectivity index (χ4n) is 2.63. The summed E-state index contributed by atoms with van der Waals surface area (Å²) >= 11 is 12.1. The largest absolute Gasteiger partial charge is 0.353 e. The number of piperazine rings is 1. The molecule has 1 aromatic heterocycles. The van der Waals surface area contributed by atoms with Gasteiger partial charge in [0, 0.05) is 45.5 Å². The topological polar surface area (TPSA) is 39.7 Å². The van der Waals surface area contributed by atoms with Gasteiger partial charge < -0.3 is 9.80 Å². The Balaban J connectivity index is 1.89. The fraction of sp³-hybridized carbons (Fsp3) is 0.600. The van der Waals surface area contributed by atoms with E-state index in [4.69, 9.17) is 23.2 Å². The number of likely N-dealkylation sites (N-methyl/N-ethyl adjacent to an activating group) is 1. The van der Waals surface area contributed by atoms with Crippen LogP contribution in [0.1, 0.15) is 13.8 Å². The monoisotopic (exact) mass is 344 g/mol. The van der Waals surface area contributed by atoms with Gasteiger partial charge >= 0.3 is 0 Å². The van der Waals surface area contributed by atoms with Crippen molar-refractivity contribution >= 4 is 34.9 Å². The molecule has 1 aliphatic rings. The van der Waals surface area contributed by atoms with Gasteiger partial charge in [0.25, 0.3) is 0 Å². The van der Waals surface area contributed by atoms with Crippen molar-refractivity contribution in [1.82, 2.24) is 14.8 Å². The minimum atomic E-state index is 0.195. The molecule has 22 heavy (non-hydrogen) atoms. The summed E-state index contributed by atoms with van der Waals surface area (Å²) in [6.45, 7) is 9.29. The van der Waals surface area contributed by atoms with E-state index < -0.39 is 0 Å². The van der Waals surface area contributed by atoms with Crippen molar-refractivity contribution in [2.75, 3.05) is 50.7 Å². The highest BCUT2D eigenvalue weighted by molar-refractivity contribution is 6.36. The molecule has 122 valence electrons. The lowest BCUT2D eigenvalue weighted by molar-refractivity contribution is -0.132. The summed E-state index contributed by atoms with van der Waals surface area (Å²) in [4.78, 5) is 22.6. The molecular weight excluding hydrogens is 323 g/mol. The highest BCUT2D eigenvalue weighted by Crippen LogP contribution is 2.26. The summed E-state index contributed by atoms with van der Waals surface area (Å²) in [5.74, 6) is 0.960. The maximum Gasteiger partial charge on any atom is 0.236 e. The minimum Gasteiger partial charge on any atom is -0.353 e. The number of rotatable bonds is 5. The summed E-state index contributed by atoms with van der Waals surface area (Å²) in [5.41, 5.74) is 0. The lowest BCUT2D eigenvalue weighted by atomic mass is 10.3. The van der Waals surface area contributed by atoms with E-state index in [1.165, 1.54) is 0 Å². The quantitative estimate of drug-likeness (QED) is 0.822. The zero-order chi connectivity index (χ0) is 16.1. The van der Waals surface area contributed by atoms with Gasteiger partial charge in [0.2, 0.25) is 5.91 Å². The molecule has 5 nitrogen and oxygen atoms in total. The molecule has 0 atom stereocenters. The zero-order valence-corrected chi connectivity index (χ0v) is 14.6. The number of aromatic nitrogens is 1. The summed E-state index contributed by atoms with van der Waals surface area (Å²) in [7, 11) is 0. The Bertz CT molecular complexity index is 514. The van der Waals surface area contributed by atoms with Gasteiger partial charge in [-0.3, -0.25) is 9.69 Å². The second-order valence-electron chi connectivity index (χ2n) is 5.29. The van der Waals surface area contributed by atoms with Crippen LogP contribution < -0.4 is 4.90 Å². The molecule has 2 heterocycles. The molecule has 0 N–H and O–H groups in total. The van der Waals surface area contributed by atoms with Crippen LogP contribution in [0.25, 0.3) is 0 Å². The first-order chi connectivity index (χ1) is 10.5. The predicted molar refractivity (Wildman–Crippen MR) is 90.8 cm³/mol. The Kier molecular flexibility index (Phi) is 6.29. The van der Waals surface area contributed by atoms with Gasteiger partial charge in [-0.25, -0.2) is 4.98 Å². The second kappa shape index (κ2) is 7.99. The van der Waals surface area contributed by atoms with E-state index in [2.05, 4.69) is 14.8 Å². The molecule has 0 aromatic carbocycles. The molecule has 0 bridgehead atoms. The molecule has 0 radical (unpaired) electrons. The van der Waals surface area contributed by atoms with E-state index in [0.29, 0.717) is 16.6 Å². The lowest BCUT2D eigenvalue weighted by Crippen LogP contribution is -2.50. The van der Waals surface area contributed by atoms with Crippen molar-refractivity contribution < 1.29 is 4.79 Å². The number of hydrogen-bond donors (Lipinski definition) is 0. The van der Waals surface area contributed by atoms with Gasteiger partial charge in [0.15, 0.2) is 0 Å². The molecule has 2 rings (SSSR count). The van der Waals surface area contributed by atoms with Gasteiger partial charge in [-0.1, -0.05) is 23.2 Å². The molecule has 0 aliphatic carbocycles. The summed E-state index contributed by atoms with van der Waals surface area (Å²) in [5, 5.41) is 1.11. The molecule has 7 heteroatoms. The van der Waals surface area contributed by atoms with Gasteiger partial charge in [-0.2, -0.15) is 0 Å². The molecule has 0 spiro atoms. The number of carbonyl (C=O) groups is 1. The van der Waals surface area contributed by atoms with E-state index >= 15 is 0 Å². The van der Waals surface area contributed by atoms with Crippen LogP contribution in [0.3, 0.4) is 0 Å². The Labute approximate surface area is 141 Å². The Morgan fingerprint density at radius 1 is 1.23 bits per heavy atom. The van der Waals surface area contributed by atoms with Crippen molar-refractivity contribution in [3.05, 3.63) is 22.3 Å². The van der Waals surface area contributed by atoms with Gasteiger partial charge in [-0.05, 0) is 19.9 Å². The molecule has 1 aromatic rings. The highest BCUT2D eigenvalue weighted by atomic mass is 35.5. The Morgan fingerprint density at radius 2 is 1.86 bits per heavy atom. The zero-order valence-electron chi connectivity index (χ0n) is 13.1. The summed E-state index contributed by atoms with van der Waals surface area (Å²) in [6, 6.07) is 1.71. The van der Waals surface area contributed by atoms with Crippen LogP contribution >= 0.6 is 23.2 Å². The maximum atomic E-state index is 12.1. The first-order valence-corrected chi connectivity index (χ1v) is 8.36. The Morgan fingerprint density at radius 3 is 2.41 bits per heavy atom. The van der Waals surface area contributed by atoms with E-state index in [-0.39, 0.29) is 5.91 Å². The third-order valence-corrected chi connectivity index (χ3v) is 4.42. The van der Waals surface area contributed by atoms with Gasteiger partial charge in [0.1, 0.15) is 5.82 Å². The van der Waals surface area contributed by atoms with Crippen LogP contribution in [0, 0.1) is 0 Å². The van der Waals surface area contributed by atoms with Crippen LogP contribution in [-0.4, -0.2) is 66.5 Å². The first kappa shape index (κ1) is 17.3. The number of halogens is 2. The lowest BCUT2D eigenvalue weighted by Gasteiger charge is -2.36. The molecule has 1 fully saturated rings. The normalized spacial score (nSPS) is 15.9. The van der Waals surface area contributed by atoms with Crippen LogP contribution in [0.2, 0.25) is 10.0 Å². The third kappa shape index (κ3) is 4.24. The van der Waals surface area contributed by atoms with Crippen molar-refractivity contribution in [2.45, 2.75) is 13.8 Å². The van der Waals surface area contributed by atoms with Crippen molar-refractivity contribution in [1.29, 1.82) is 0 Å². The van der Waals surface area contributed by atoms with Crippen LogP contribution in [0.5, 0.6) is 0 Å². The van der Waals surface area contributed by atoms with Gasteiger partial charge in [0.05, 0.1) is 16.6 Å². The van der Waals surface area contributed by atoms with Crippen molar-refractivity contribution in [2.24, 2.45) is 0 Å². The average Bonchev–Trinajstić information content (AvgIpc) is 2.49. The van der Waals surface area contributed by atoms with E-state index in [9.17, 15) is 4.79 Å². The van der Waals surface area contributed by atoms with E-state index in [1.54, 1.807) is 12.3 Å². The fourth-order valence-corrected chi connectivity index (χ4v) is 3.13. The molecule has 0 saturated carbocycles. The summed E-state index contributed by atoms with van der Waals surface area (Å²) in [6.07, 6.45) is 1.61. The molecule has 1 saturated heterocycles. The van der Waals surface area contributed by atoms with Crippen LogP contribution in [0.4, 0.5) is 5.82 Å². The number of nitrogens with zero attached hydrogens (tertiary/aromatic N) is 4. The number of carbonyl (C=O) groups excluding carboxylic acids is 1. The van der Waals surface area contributed by atoms with E-state index in [1.807, 2.05) is 18.7 Å². The average molecular weight is 345 g/mol. The molecule has 1 amide bonds. The smallest absolute Gasteiger partial charge is 0.236 e. The van der Waals surface area contributed by atoms with Crippen molar-refractivity contribution in [3.8, 4) is 0 Å². The predicted octanol–water partition coefficient (Wildman–Crippen LogP) is 2.38. The summed E-state index contributed by atoms with van der Waals surface area (Å²) < 4.78 is 0. The Hall–Kier alpha value is -1.04. The number of amides is 1. The van der Waals surface area contributed by atoms with Crippen molar-refractivity contribution in [3.63, 3.8) is 0 Å². The van der Waals surface area contributed by atoms with E-state index in [0.717, 1.165) is 45.1 Å². The third-order valence-electron chi connectivity index (χ3n) is 3.94. The minimum absolute atomic E-state index is 0.195. The first-order valence-electron chi connectivity index (χ1n) is 7.61. The SMILES string of the molecule is CCN(CC)C(=O)CN1CCN(c2ncc(Cl)cc2Cl)CC1. The van der Waals surface area contributed by atoms with Crippen LogP contribution in [0.15, 0.2) is 12.3 Å². The number of anilines is 1. The number of hydrogen-bond acceptors (Lipinski definition) is 4. The highest BCUT2D eigenvalue weighted by Gasteiger charge is 2.22. The standard InChI is InChI=1S/C15H22Cl2N4O/c1-3-20(4-2)14(22)11-19-5-7-21(8-6-19)15-13(17)9-12(16)10-18-15/h9-10H,3-8,11H2,1-2H3. The number of pyridine rings is 1. The van der Waals surface area contributed by atoms with Gasteiger partial charge in [-0.15, -0.1) is 0 Å². The maximum absolute atomic E-state index is 12.1.